The number of nitrogens with zero attached hydrogens (tertiary/aromatic N) is 1. The second-order valence-corrected chi connectivity index (χ2v) is 5.46. The number of amides is 2. The fourth-order valence-electron chi connectivity index (χ4n) is 2.18. The number of ketones is 1. The van der Waals surface area contributed by atoms with E-state index in [0.717, 1.165) is 19.5 Å². The molecule has 4 heteroatoms. The second-order valence-electron chi connectivity index (χ2n) is 5.46. The van der Waals surface area contributed by atoms with Gasteiger partial charge >= 0.3 is 6.03 Å². The molecule has 0 aromatic heterocycles. The van der Waals surface area contributed by atoms with E-state index in [1.807, 2.05) is 11.0 Å². The van der Waals surface area contributed by atoms with Crippen LogP contribution in [0.5, 0.6) is 0 Å². The highest BCUT2D eigenvalue weighted by Gasteiger charge is 2.26. The first kappa shape index (κ1) is 14.6. The van der Waals surface area contributed by atoms with E-state index in [9.17, 15) is 9.59 Å². The number of anilines is 1. The van der Waals surface area contributed by atoms with E-state index in [4.69, 9.17) is 0 Å². The SMILES string of the molecule is CCCN(CC1CC1)C(=O)Nc1cccc(C(C)=O)c1. The zero-order valence-corrected chi connectivity index (χ0v) is 12.2. The van der Waals surface area contributed by atoms with Gasteiger partial charge in [0.05, 0.1) is 0 Å². The molecule has 0 saturated heterocycles. The molecule has 4 nitrogen and oxygen atoms in total. The number of nitrogens with one attached hydrogen (secondary N) is 1. The Morgan fingerprint density at radius 2 is 2.10 bits per heavy atom. The van der Waals surface area contributed by atoms with Crippen LogP contribution in [0.4, 0.5) is 10.5 Å². The fourth-order valence-corrected chi connectivity index (χ4v) is 2.18. The standard InChI is InChI=1S/C16H22N2O2/c1-3-9-18(11-13-7-8-13)16(20)17-15-6-4-5-14(10-15)12(2)19/h4-6,10,13H,3,7-9,11H2,1-2H3,(H,17,20). The summed E-state index contributed by atoms with van der Waals surface area (Å²) in [6.45, 7) is 5.21. The normalized spacial score (nSPS) is 13.9. The van der Waals surface area contributed by atoms with Crippen molar-refractivity contribution in [2.24, 2.45) is 5.92 Å². The molecule has 1 saturated carbocycles. The van der Waals surface area contributed by atoms with Crippen LogP contribution in [0.2, 0.25) is 0 Å². The summed E-state index contributed by atoms with van der Waals surface area (Å²) in [6.07, 6.45) is 3.41. The highest BCUT2D eigenvalue weighted by atomic mass is 16.2. The van der Waals surface area contributed by atoms with Crippen LogP contribution in [-0.4, -0.2) is 29.8 Å². The zero-order valence-electron chi connectivity index (χ0n) is 12.2. The van der Waals surface area contributed by atoms with E-state index in [-0.39, 0.29) is 11.8 Å². The van der Waals surface area contributed by atoms with E-state index in [0.29, 0.717) is 17.2 Å². The van der Waals surface area contributed by atoms with Crippen molar-refractivity contribution in [1.82, 2.24) is 4.90 Å². The van der Waals surface area contributed by atoms with E-state index in [1.54, 1.807) is 18.2 Å². The number of hydrogen-bond acceptors (Lipinski definition) is 2. The molecule has 0 spiro atoms. The smallest absolute Gasteiger partial charge is 0.321 e. The molecule has 2 amide bonds. The number of hydrogen-bond donors (Lipinski definition) is 1. The van der Waals surface area contributed by atoms with Gasteiger partial charge < -0.3 is 10.2 Å². The molecule has 1 aromatic carbocycles. The summed E-state index contributed by atoms with van der Waals surface area (Å²) in [6, 6.07) is 7.01. The van der Waals surface area contributed by atoms with Gasteiger partial charge in [0.25, 0.3) is 0 Å². The van der Waals surface area contributed by atoms with E-state index >= 15 is 0 Å². The van der Waals surface area contributed by atoms with Crippen LogP contribution in [-0.2, 0) is 0 Å². The highest BCUT2D eigenvalue weighted by molar-refractivity contribution is 5.96. The van der Waals surface area contributed by atoms with E-state index in [1.165, 1.54) is 19.8 Å². The number of Topliss-reactive ketones (excluding diaryl/α,β-unsaturated/α-hetero) is 1. The Hall–Kier alpha value is -1.84. The Kier molecular flexibility index (Phi) is 4.77. The summed E-state index contributed by atoms with van der Waals surface area (Å²) in [5.74, 6) is 0.681. The number of urea groups is 1. The van der Waals surface area contributed by atoms with Gasteiger partial charge in [-0.3, -0.25) is 4.79 Å². The predicted octanol–water partition coefficient (Wildman–Crippen LogP) is 3.54. The van der Waals surface area contributed by atoms with Crippen molar-refractivity contribution < 1.29 is 9.59 Å². The van der Waals surface area contributed by atoms with Crippen LogP contribution in [0.25, 0.3) is 0 Å². The quantitative estimate of drug-likeness (QED) is 0.807. The highest BCUT2D eigenvalue weighted by Crippen LogP contribution is 2.30. The summed E-state index contributed by atoms with van der Waals surface area (Å²) in [5, 5.41) is 2.89. The molecular formula is C16H22N2O2. The molecule has 1 aromatic rings. The van der Waals surface area contributed by atoms with Crippen LogP contribution in [0.1, 0.15) is 43.5 Å². The van der Waals surface area contributed by atoms with Crippen molar-refractivity contribution in [3.63, 3.8) is 0 Å². The molecule has 0 atom stereocenters. The summed E-state index contributed by atoms with van der Waals surface area (Å²) >= 11 is 0. The van der Waals surface area contributed by atoms with Crippen LogP contribution in [0, 0.1) is 5.92 Å². The third-order valence-corrected chi connectivity index (χ3v) is 3.48. The van der Waals surface area contributed by atoms with Gasteiger partial charge in [-0.2, -0.15) is 0 Å². The zero-order chi connectivity index (χ0) is 14.5. The minimum Gasteiger partial charge on any atom is -0.324 e. The Morgan fingerprint density at radius 3 is 2.70 bits per heavy atom. The Morgan fingerprint density at radius 1 is 1.35 bits per heavy atom. The number of rotatable bonds is 6. The van der Waals surface area contributed by atoms with Gasteiger partial charge in [-0.15, -0.1) is 0 Å². The average Bonchev–Trinajstić information content (AvgIpc) is 3.22. The van der Waals surface area contributed by atoms with E-state index < -0.39 is 0 Å². The van der Waals surface area contributed by atoms with Gasteiger partial charge in [0.2, 0.25) is 0 Å². The maximum Gasteiger partial charge on any atom is 0.321 e. The first-order chi connectivity index (χ1) is 9.60. The second kappa shape index (κ2) is 6.55. The molecule has 1 aliphatic carbocycles. The largest absolute Gasteiger partial charge is 0.324 e. The first-order valence-electron chi connectivity index (χ1n) is 7.27. The van der Waals surface area contributed by atoms with Gasteiger partial charge in [0, 0.05) is 24.3 Å². The van der Waals surface area contributed by atoms with Crippen molar-refractivity contribution >= 4 is 17.5 Å². The van der Waals surface area contributed by atoms with Crippen molar-refractivity contribution in [2.75, 3.05) is 18.4 Å². The maximum absolute atomic E-state index is 12.3. The van der Waals surface area contributed by atoms with Gasteiger partial charge in [-0.05, 0) is 44.2 Å². The lowest BCUT2D eigenvalue weighted by atomic mass is 10.1. The summed E-state index contributed by atoms with van der Waals surface area (Å²) < 4.78 is 0. The van der Waals surface area contributed by atoms with Crippen molar-refractivity contribution in [1.29, 1.82) is 0 Å². The van der Waals surface area contributed by atoms with Gasteiger partial charge in [0.15, 0.2) is 5.78 Å². The monoisotopic (exact) mass is 274 g/mol. The molecule has 1 fully saturated rings. The van der Waals surface area contributed by atoms with Crippen molar-refractivity contribution in [3.8, 4) is 0 Å². The molecule has 1 aliphatic rings. The average molecular weight is 274 g/mol. The van der Waals surface area contributed by atoms with Gasteiger partial charge in [0.1, 0.15) is 0 Å². The van der Waals surface area contributed by atoms with Crippen LogP contribution in [0.3, 0.4) is 0 Å². The lowest BCUT2D eigenvalue weighted by Gasteiger charge is -2.22. The lowest BCUT2D eigenvalue weighted by molar-refractivity contribution is 0.101. The number of carbonyl (C=O) groups is 2. The van der Waals surface area contributed by atoms with Gasteiger partial charge in [-0.25, -0.2) is 4.79 Å². The Bertz CT molecular complexity index is 495. The molecular weight excluding hydrogens is 252 g/mol. The molecule has 1 N–H and O–H groups in total. The van der Waals surface area contributed by atoms with Crippen LogP contribution >= 0.6 is 0 Å². The molecule has 0 aliphatic heterocycles. The number of carbonyl (C=O) groups excluding carboxylic acids is 2. The molecule has 20 heavy (non-hydrogen) atoms. The lowest BCUT2D eigenvalue weighted by Crippen LogP contribution is -2.37. The summed E-state index contributed by atoms with van der Waals surface area (Å²) in [5.41, 5.74) is 1.30. The fraction of sp³-hybridized carbons (Fsp3) is 0.500. The summed E-state index contributed by atoms with van der Waals surface area (Å²) in [7, 11) is 0. The van der Waals surface area contributed by atoms with Crippen molar-refractivity contribution in [3.05, 3.63) is 29.8 Å². The molecule has 2 rings (SSSR count). The van der Waals surface area contributed by atoms with Crippen LogP contribution < -0.4 is 5.32 Å². The molecule has 108 valence electrons. The third-order valence-electron chi connectivity index (χ3n) is 3.48. The van der Waals surface area contributed by atoms with Crippen molar-refractivity contribution in [2.45, 2.75) is 33.1 Å². The maximum atomic E-state index is 12.3. The van der Waals surface area contributed by atoms with E-state index in [2.05, 4.69) is 12.2 Å². The Balaban J connectivity index is 2.00. The first-order valence-corrected chi connectivity index (χ1v) is 7.27. The summed E-state index contributed by atoms with van der Waals surface area (Å²) in [4.78, 5) is 25.5. The molecule has 0 unspecified atom stereocenters. The number of benzene rings is 1. The molecule has 0 bridgehead atoms. The van der Waals surface area contributed by atoms with Crippen LogP contribution in [0.15, 0.2) is 24.3 Å². The molecule has 0 radical (unpaired) electrons. The topological polar surface area (TPSA) is 49.4 Å². The third kappa shape index (κ3) is 4.08. The van der Waals surface area contributed by atoms with Gasteiger partial charge in [-0.1, -0.05) is 19.1 Å². The Labute approximate surface area is 120 Å². The molecule has 0 heterocycles. The predicted molar refractivity (Wildman–Crippen MR) is 80.1 cm³/mol. The minimum absolute atomic E-state index is 0.00416. The minimum atomic E-state index is -0.0700.